The monoisotopic (exact) mass is 280 g/mol. The molecule has 4 nitrogen and oxygen atoms in total. The fourth-order valence-electron chi connectivity index (χ4n) is 2.36. The molecule has 1 aliphatic rings. The van der Waals surface area contributed by atoms with E-state index in [2.05, 4.69) is 0 Å². The maximum absolute atomic E-state index is 14.1. The van der Waals surface area contributed by atoms with Crippen LogP contribution in [0, 0.1) is 11.7 Å². The van der Waals surface area contributed by atoms with E-state index in [1.807, 2.05) is 21.0 Å². The van der Waals surface area contributed by atoms with E-state index in [9.17, 15) is 14.3 Å². The zero-order valence-electron chi connectivity index (χ0n) is 12.1. The molecule has 1 aromatic carbocycles. The van der Waals surface area contributed by atoms with Crippen molar-refractivity contribution in [2.75, 3.05) is 32.1 Å². The van der Waals surface area contributed by atoms with E-state index in [0.717, 1.165) is 6.42 Å². The smallest absolute Gasteiger partial charge is 0.256 e. The van der Waals surface area contributed by atoms with Crippen LogP contribution < -0.4 is 4.90 Å². The van der Waals surface area contributed by atoms with Crippen molar-refractivity contribution in [3.05, 3.63) is 29.6 Å². The molecule has 1 amide bonds. The number of aliphatic hydroxyl groups excluding tert-OH is 1. The summed E-state index contributed by atoms with van der Waals surface area (Å²) in [6, 6.07) is 4.59. The van der Waals surface area contributed by atoms with Gasteiger partial charge in [-0.15, -0.1) is 0 Å². The lowest BCUT2D eigenvalue weighted by Gasteiger charge is -2.34. The van der Waals surface area contributed by atoms with E-state index in [1.165, 1.54) is 17.0 Å². The van der Waals surface area contributed by atoms with Gasteiger partial charge in [-0.2, -0.15) is 0 Å². The summed E-state index contributed by atoms with van der Waals surface area (Å²) in [5, 5.41) is 9.84. The third-order valence-electron chi connectivity index (χ3n) is 3.91. The SMILES string of the molecule is CC1CCN(C(=O)c2ccc(N(C)C)cc2F)CC1O. The lowest BCUT2D eigenvalue weighted by molar-refractivity contribution is 0.0246. The Morgan fingerprint density at radius 1 is 1.45 bits per heavy atom. The molecule has 2 rings (SSSR count). The first kappa shape index (κ1) is 14.8. The molecule has 1 fully saturated rings. The minimum absolute atomic E-state index is 0.0670. The molecule has 1 N–H and O–H groups in total. The second kappa shape index (κ2) is 5.79. The van der Waals surface area contributed by atoms with Gasteiger partial charge in [-0.25, -0.2) is 4.39 Å². The number of likely N-dealkylation sites (tertiary alicyclic amines) is 1. The molecule has 0 spiro atoms. The summed E-state index contributed by atoms with van der Waals surface area (Å²) in [6.45, 7) is 2.79. The zero-order valence-corrected chi connectivity index (χ0v) is 12.1. The Balaban J connectivity index is 2.17. The second-order valence-electron chi connectivity index (χ2n) is 5.64. The van der Waals surface area contributed by atoms with Crippen LogP contribution in [-0.2, 0) is 0 Å². The van der Waals surface area contributed by atoms with E-state index in [0.29, 0.717) is 12.2 Å². The van der Waals surface area contributed by atoms with Crippen LogP contribution in [0.15, 0.2) is 18.2 Å². The van der Waals surface area contributed by atoms with Gasteiger partial charge in [0, 0.05) is 32.9 Å². The Bertz CT molecular complexity index is 505. The average Bonchev–Trinajstić information content (AvgIpc) is 2.41. The number of β-amino-alcohol motifs (C(OH)–C–C–N with tert-alkyl or cyclic N) is 1. The molecule has 2 atom stereocenters. The number of nitrogens with zero attached hydrogens (tertiary/aromatic N) is 2. The topological polar surface area (TPSA) is 43.8 Å². The molecular weight excluding hydrogens is 259 g/mol. The molecule has 0 aromatic heterocycles. The van der Waals surface area contributed by atoms with Crippen molar-refractivity contribution in [1.29, 1.82) is 0 Å². The van der Waals surface area contributed by atoms with Crippen molar-refractivity contribution in [2.45, 2.75) is 19.4 Å². The standard InChI is InChI=1S/C15H21FN2O2/c1-10-6-7-18(9-14(10)19)15(20)12-5-4-11(17(2)3)8-13(12)16/h4-5,8,10,14,19H,6-7,9H2,1-3H3. The third-order valence-corrected chi connectivity index (χ3v) is 3.91. The molecule has 110 valence electrons. The minimum Gasteiger partial charge on any atom is -0.391 e. The van der Waals surface area contributed by atoms with Gasteiger partial charge >= 0.3 is 0 Å². The van der Waals surface area contributed by atoms with Gasteiger partial charge in [-0.1, -0.05) is 6.92 Å². The van der Waals surface area contributed by atoms with Gasteiger partial charge in [0.1, 0.15) is 5.82 Å². The highest BCUT2D eigenvalue weighted by Crippen LogP contribution is 2.22. The minimum atomic E-state index is -0.531. The Hall–Kier alpha value is -1.62. The maximum Gasteiger partial charge on any atom is 0.256 e. The predicted octanol–water partition coefficient (Wildman–Crippen LogP) is 1.73. The van der Waals surface area contributed by atoms with E-state index in [4.69, 9.17) is 0 Å². The molecule has 0 radical (unpaired) electrons. The number of carbonyl (C=O) groups is 1. The third kappa shape index (κ3) is 2.93. The van der Waals surface area contributed by atoms with Crippen LogP contribution in [0.4, 0.5) is 10.1 Å². The molecule has 5 heteroatoms. The highest BCUT2D eigenvalue weighted by atomic mass is 19.1. The Labute approximate surface area is 118 Å². The van der Waals surface area contributed by atoms with Gasteiger partial charge in [0.05, 0.1) is 11.7 Å². The molecule has 1 aliphatic heterocycles. The first-order valence-corrected chi connectivity index (χ1v) is 6.84. The fraction of sp³-hybridized carbons (Fsp3) is 0.533. The maximum atomic E-state index is 14.1. The summed E-state index contributed by atoms with van der Waals surface area (Å²) < 4.78 is 14.1. The summed E-state index contributed by atoms with van der Waals surface area (Å²) in [4.78, 5) is 15.6. The first-order valence-electron chi connectivity index (χ1n) is 6.84. The van der Waals surface area contributed by atoms with Crippen LogP contribution in [0.1, 0.15) is 23.7 Å². The van der Waals surface area contributed by atoms with Crippen molar-refractivity contribution in [3.8, 4) is 0 Å². The highest BCUT2D eigenvalue weighted by Gasteiger charge is 2.29. The predicted molar refractivity (Wildman–Crippen MR) is 76.4 cm³/mol. The largest absolute Gasteiger partial charge is 0.391 e. The van der Waals surface area contributed by atoms with E-state index < -0.39 is 11.9 Å². The van der Waals surface area contributed by atoms with Crippen LogP contribution in [0.25, 0.3) is 0 Å². The Morgan fingerprint density at radius 2 is 2.15 bits per heavy atom. The van der Waals surface area contributed by atoms with Crippen molar-refractivity contribution in [3.63, 3.8) is 0 Å². The quantitative estimate of drug-likeness (QED) is 0.897. The number of hydrogen-bond donors (Lipinski definition) is 1. The lowest BCUT2D eigenvalue weighted by atomic mass is 9.95. The molecule has 0 bridgehead atoms. The molecule has 1 heterocycles. The summed E-state index contributed by atoms with van der Waals surface area (Å²) in [5.74, 6) is -0.687. The van der Waals surface area contributed by atoms with Gasteiger partial charge in [-0.05, 0) is 30.5 Å². The number of amides is 1. The number of benzene rings is 1. The lowest BCUT2D eigenvalue weighted by Crippen LogP contribution is -2.46. The summed E-state index contributed by atoms with van der Waals surface area (Å²) in [7, 11) is 3.64. The second-order valence-corrected chi connectivity index (χ2v) is 5.64. The average molecular weight is 280 g/mol. The first-order chi connectivity index (χ1) is 9.40. The molecular formula is C15H21FN2O2. The molecule has 20 heavy (non-hydrogen) atoms. The summed E-state index contributed by atoms with van der Waals surface area (Å²) in [5.41, 5.74) is 0.781. The van der Waals surface area contributed by atoms with Gasteiger partial charge in [-0.3, -0.25) is 4.79 Å². The van der Waals surface area contributed by atoms with Gasteiger partial charge in [0.2, 0.25) is 0 Å². The molecule has 1 aromatic rings. The molecule has 1 saturated heterocycles. The van der Waals surface area contributed by atoms with Crippen LogP contribution in [-0.4, -0.2) is 49.2 Å². The summed E-state index contributed by atoms with van der Waals surface area (Å²) >= 11 is 0. The molecule has 0 saturated carbocycles. The van der Waals surface area contributed by atoms with Crippen molar-refractivity contribution < 1.29 is 14.3 Å². The van der Waals surface area contributed by atoms with Crippen LogP contribution in [0.5, 0.6) is 0 Å². The number of halogens is 1. The van der Waals surface area contributed by atoms with Gasteiger partial charge in [0.15, 0.2) is 0 Å². The van der Waals surface area contributed by atoms with Crippen LogP contribution >= 0.6 is 0 Å². The zero-order chi connectivity index (χ0) is 14.9. The molecule has 2 unspecified atom stereocenters. The van der Waals surface area contributed by atoms with Crippen molar-refractivity contribution in [2.24, 2.45) is 5.92 Å². The van der Waals surface area contributed by atoms with Crippen LogP contribution in [0.3, 0.4) is 0 Å². The number of aliphatic hydroxyl groups is 1. The van der Waals surface area contributed by atoms with E-state index in [-0.39, 0.29) is 23.9 Å². The van der Waals surface area contributed by atoms with Crippen molar-refractivity contribution in [1.82, 2.24) is 4.90 Å². The van der Waals surface area contributed by atoms with Crippen LogP contribution in [0.2, 0.25) is 0 Å². The van der Waals surface area contributed by atoms with E-state index >= 15 is 0 Å². The Morgan fingerprint density at radius 3 is 2.70 bits per heavy atom. The summed E-state index contributed by atoms with van der Waals surface area (Å²) in [6.07, 6.45) is 0.210. The molecule has 0 aliphatic carbocycles. The number of rotatable bonds is 2. The van der Waals surface area contributed by atoms with Crippen molar-refractivity contribution >= 4 is 11.6 Å². The number of carbonyl (C=O) groups excluding carboxylic acids is 1. The normalized spacial score (nSPS) is 22.8. The van der Waals surface area contributed by atoms with E-state index in [1.54, 1.807) is 11.0 Å². The number of hydrogen-bond acceptors (Lipinski definition) is 3. The van der Waals surface area contributed by atoms with Gasteiger partial charge < -0.3 is 14.9 Å². The highest BCUT2D eigenvalue weighted by molar-refractivity contribution is 5.95. The Kier molecular flexibility index (Phi) is 4.28. The number of anilines is 1. The van der Waals surface area contributed by atoms with Gasteiger partial charge in [0.25, 0.3) is 5.91 Å². The number of piperidine rings is 1. The fourth-order valence-corrected chi connectivity index (χ4v) is 2.36.